The van der Waals surface area contributed by atoms with Gasteiger partial charge in [0, 0.05) is 5.69 Å². The third-order valence-electron chi connectivity index (χ3n) is 2.48. The van der Waals surface area contributed by atoms with E-state index in [4.69, 9.17) is 14.9 Å². The first-order valence-electron chi connectivity index (χ1n) is 5.25. The van der Waals surface area contributed by atoms with Crippen LogP contribution >= 0.6 is 0 Å². The van der Waals surface area contributed by atoms with Crippen LogP contribution in [0.4, 0.5) is 5.69 Å². The molecule has 0 aliphatic heterocycles. The second-order valence-corrected chi connectivity index (χ2v) is 3.85. The highest BCUT2D eigenvalue weighted by atomic mass is 16.5. The maximum Gasteiger partial charge on any atom is 0.124 e. The minimum Gasteiger partial charge on any atom is -0.496 e. The summed E-state index contributed by atoms with van der Waals surface area (Å²) in [5.41, 5.74) is 2.93. The highest BCUT2D eigenvalue weighted by molar-refractivity contribution is 5.55. The van der Waals surface area contributed by atoms with Crippen LogP contribution < -0.4 is 10.1 Å². The van der Waals surface area contributed by atoms with E-state index < -0.39 is 0 Å². The average Bonchev–Trinajstić information content (AvgIpc) is 2.25. The first-order valence-corrected chi connectivity index (χ1v) is 5.25. The maximum absolute atomic E-state index is 8.98. The minimum atomic E-state index is -0.327. The molecule has 1 rings (SSSR count). The predicted molar refractivity (Wildman–Crippen MR) is 64.1 cm³/mol. The normalized spacial score (nSPS) is 10.6. The molecule has 16 heavy (non-hydrogen) atoms. The van der Waals surface area contributed by atoms with E-state index in [1.807, 2.05) is 26.0 Å². The van der Waals surface area contributed by atoms with Gasteiger partial charge >= 0.3 is 0 Å². The Balaban J connectivity index is 2.91. The summed E-state index contributed by atoms with van der Waals surface area (Å²) < 4.78 is 5.26. The smallest absolute Gasteiger partial charge is 0.124 e. The summed E-state index contributed by atoms with van der Waals surface area (Å²) in [6.45, 7) is 3.73. The largest absolute Gasteiger partial charge is 0.496 e. The predicted octanol–water partition coefficient (Wildman–Crippen LogP) is 1.08. The number of rotatable bonds is 5. The van der Waals surface area contributed by atoms with Gasteiger partial charge in [-0.3, -0.25) is 0 Å². The van der Waals surface area contributed by atoms with E-state index in [-0.39, 0.29) is 19.3 Å². The van der Waals surface area contributed by atoms with E-state index >= 15 is 0 Å². The van der Waals surface area contributed by atoms with Gasteiger partial charge in [-0.05, 0) is 37.1 Å². The van der Waals surface area contributed by atoms with Gasteiger partial charge in [0.05, 0.1) is 26.4 Å². The summed E-state index contributed by atoms with van der Waals surface area (Å²) in [5.74, 6) is 0.870. The summed E-state index contributed by atoms with van der Waals surface area (Å²) in [7, 11) is 1.65. The van der Waals surface area contributed by atoms with Gasteiger partial charge in [0.2, 0.25) is 0 Å². The molecule has 3 N–H and O–H groups in total. The summed E-state index contributed by atoms with van der Waals surface area (Å²) in [6, 6.07) is 3.54. The molecule has 0 aromatic heterocycles. The SMILES string of the molecule is COc1c(C)cc(NC(CO)CO)cc1C. The molecule has 0 spiro atoms. The van der Waals surface area contributed by atoms with Gasteiger partial charge in [0.25, 0.3) is 0 Å². The molecule has 0 unspecified atom stereocenters. The lowest BCUT2D eigenvalue weighted by molar-refractivity contribution is 0.204. The van der Waals surface area contributed by atoms with E-state index in [0.29, 0.717) is 0 Å². The Morgan fingerprint density at radius 1 is 1.19 bits per heavy atom. The standard InChI is InChI=1S/C12H19NO3/c1-8-4-10(13-11(6-14)7-15)5-9(2)12(8)16-3/h4-5,11,13-15H,6-7H2,1-3H3. The number of methoxy groups -OCH3 is 1. The van der Waals surface area contributed by atoms with Crippen molar-refractivity contribution >= 4 is 5.69 Å². The van der Waals surface area contributed by atoms with Crippen LogP contribution in [0.25, 0.3) is 0 Å². The van der Waals surface area contributed by atoms with E-state index in [0.717, 1.165) is 22.6 Å². The first kappa shape index (κ1) is 12.8. The third-order valence-corrected chi connectivity index (χ3v) is 2.48. The fraction of sp³-hybridized carbons (Fsp3) is 0.500. The summed E-state index contributed by atoms with van der Waals surface area (Å²) in [5, 5.41) is 21.0. The van der Waals surface area contributed by atoms with Gasteiger partial charge in [-0.1, -0.05) is 0 Å². The van der Waals surface area contributed by atoms with Crippen molar-refractivity contribution in [3.05, 3.63) is 23.3 Å². The van der Waals surface area contributed by atoms with Crippen molar-refractivity contribution in [2.45, 2.75) is 19.9 Å². The Kier molecular flexibility index (Phi) is 4.58. The van der Waals surface area contributed by atoms with Crippen LogP contribution in [0.3, 0.4) is 0 Å². The topological polar surface area (TPSA) is 61.7 Å². The average molecular weight is 225 g/mol. The number of hydrogen-bond donors (Lipinski definition) is 3. The molecular formula is C12H19NO3. The molecule has 0 fully saturated rings. The molecule has 0 aliphatic carbocycles. The van der Waals surface area contributed by atoms with Crippen LogP contribution in [-0.2, 0) is 0 Å². The van der Waals surface area contributed by atoms with Crippen LogP contribution in [-0.4, -0.2) is 36.6 Å². The lowest BCUT2D eigenvalue weighted by Crippen LogP contribution is -2.27. The third kappa shape index (κ3) is 2.87. The Hall–Kier alpha value is -1.26. The molecule has 1 aromatic carbocycles. The second kappa shape index (κ2) is 5.72. The lowest BCUT2D eigenvalue weighted by Gasteiger charge is -2.17. The van der Waals surface area contributed by atoms with Gasteiger partial charge in [-0.25, -0.2) is 0 Å². The van der Waals surface area contributed by atoms with E-state index in [2.05, 4.69) is 5.32 Å². The lowest BCUT2D eigenvalue weighted by atomic mass is 10.1. The quantitative estimate of drug-likeness (QED) is 0.701. The van der Waals surface area contributed by atoms with Crippen molar-refractivity contribution in [1.82, 2.24) is 0 Å². The molecular weight excluding hydrogens is 206 g/mol. The molecule has 4 heteroatoms. The zero-order valence-electron chi connectivity index (χ0n) is 9.95. The molecule has 0 amide bonds. The van der Waals surface area contributed by atoms with Crippen LogP contribution in [0.2, 0.25) is 0 Å². The maximum atomic E-state index is 8.98. The summed E-state index contributed by atoms with van der Waals surface area (Å²) in [4.78, 5) is 0. The molecule has 0 saturated carbocycles. The van der Waals surface area contributed by atoms with Gasteiger partial charge in [-0.15, -0.1) is 0 Å². The fourth-order valence-corrected chi connectivity index (χ4v) is 1.74. The van der Waals surface area contributed by atoms with Crippen molar-refractivity contribution in [3.8, 4) is 5.75 Å². The van der Waals surface area contributed by atoms with Crippen molar-refractivity contribution in [2.24, 2.45) is 0 Å². The number of ether oxygens (including phenoxy) is 1. The van der Waals surface area contributed by atoms with Gasteiger partial charge < -0.3 is 20.3 Å². The minimum absolute atomic E-state index is 0.0966. The molecule has 1 aromatic rings. The number of benzene rings is 1. The van der Waals surface area contributed by atoms with Crippen LogP contribution in [0.15, 0.2) is 12.1 Å². The number of hydrogen-bond acceptors (Lipinski definition) is 4. The summed E-state index contributed by atoms with van der Waals surface area (Å²) >= 11 is 0. The molecule has 0 atom stereocenters. The molecule has 0 aliphatic rings. The number of nitrogens with one attached hydrogen (secondary N) is 1. The second-order valence-electron chi connectivity index (χ2n) is 3.85. The first-order chi connectivity index (χ1) is 7.62. The van der Waals surface area contributed by atoms with Gasteiger partial charge in [0.15, 0.2) is 0 Å². The van der Waals surface area contributed by atoms with E-state index in [9.17, 15) is 0 Å². The Morgan fingerprint density at radius 3 is 2.06 bits per heavy atom. The van der Waals surface area contributed by atoms with Crippen molar-refractivity contribution in [1.29, 1.82) is 0 Å². The van der Waals surface area contributed by atoms with Gasteiger partial charge in [-0.2, -0.15) is 0 Å². The Bertz CT molecular complexity index is 325. The number of anilines is 1. The molecule has 0 bridgehead atoms. The molecule has 0 saturated heterocycles. The molecule has 4 nitrogen and oxygen atoms in total. The van der Waals surface area contributed by atoms with Crippen LogP contribution in [0.5, 0.6) is 5.75 Å². The van der Waals surface area contributed by atoms with Gasteiger partial charge in [0.1, 0.15) is 5.75 Å². The van der Waals surface area contributed by atoms with Crippen LogP contribution in [0, 0.1) is 13.8 Å². The Labute approximate surface area is 95.9 Å². The monoisotopic (exact) mass is 225 g/mol. The molecule has 90 valence electrons. The van der Waals surface area contributed by atoms with Crippen molar-refractivity contribution < 1.29 is 14.9 Å². The van der Waals surface area contributed by atoms with Crippen molar-refractivity contribution in [2.75, 3.05) is 25.6 Å². The summed E-state index contributed by atoms with van der Waals surface area (Å²) in [6.07, 6.45) is 0. The molecule has 0 heterocycles. The fourth-order valence-electron chi connectivity index (χ4n) is 1.74. The van der Waals surface area contributed by atoms with Crippen molar-refractivity contribution in [3.63, 3.8) is 0 Å². The zero-order valence-corrected chi connectivity index (χ0v) is 9.95. The zero-order chi connectivity index (χ0) is 12.1. The Morgan fingerprint density at radius 2 is 1.69 bits per heavy atom. The highest BCUT2D eigenvalue weighted by Gasteiger charge is 2.09. The number of aliphatic hydroxyl groups is 2. The highest BCUT2D eigenvalue weighted by Crippen LogP contribution is 2.26. The molecule has 0 radical (unpaired) electrons. The number of aryl methyl sites for hydroxylation is 2. The van der Waals surface area contributed by atoms with E-state index in [1.54, 1.807) is 7.11 Å². The van der Waals surface area contributed by atoms with Crippen LogP contribution in [0.1, 0.15) is 11.1 Å². The number of aliphatic hydroxyl groups excluding tert-OH is 2. The van der Waals surface area contributed by atoms with E-state index in [1.165, 1.54) is 0 Å².